The molecule has 1 saturated heterocycles. The van der Waals surface area contributed by atoms with Crippen molar-refractivity contribution in [2.45, 2.75) is 31.8 Å². The van der Waals surface area contributed by atoms with E-state index in [2.05, 4.69) is 17.3 Å². The molecule has 0 bridgehead atoms. The van der Waals surface area contributed by atoms with E-state index in [1.54, 1.807) is 0 Å². The first-order valence-corrected chi connectivity index (χ1v) is 4.60. The highest BCUT2D eigenvalue weighted by Gasteiger charge is 2.21. The van der Waals surface area contributed by atoms with Gasteiger partial charge in [-0.3, -0.25) is 4.68 Å². The monoisotopic (exact) mass is 165 g/mol. The van der Waals surface area contributed by atoms with Gasteiger partial charge >= 0.3 is 0 Å². The molecule has 1 fully saturated rings. The second kappa shape index (κ2) is 3.27. The lowest BCUT2D eigenvalue weighted by molar-refractivity contribution is 0.379. The summed E-state index contributed by atoms with van der Waals surface area (Å²) in [5, 5.41) is 7.72. The molecule has 1 aliphatic rings. The molecular formula is C9H15N3. The van der Waals surface area contributed by atoms with Crippen LogP contribution in [0.15, 0.2) is 18.5 Å². The van der Waals surface area contributed by atoms with Crippen LogP contribution in [-0.4, -0.2) is 22.4 Å². The number of aromatic nitrogens is 2. The average Bonchev–Trinajstić information content (AvgIpc) is 2.77. The number of rotatable bonds is 2. The van der Waals surface area contributed by atoms with Gasteiger partial charge in [-0.15, -0.1) is 0 Å². The molecule has 2 heterocycles. The van der Waals surface area contributed by atoms with Gasteiger partial charge in [-0.05, 0) is 32.4 Å². The van der Waals surface area contributed by atoms with Gasteiger partial charge in [0.15, 0.2) is 0 Å². The lowest BCUT2D eigenvalue weighted by Gasteiger charge is -2.19. The molecule has 3 heteroatoms. The van der Waals surface area contributed by atoms with E-state index in [9.17, 15) is 0 Å². The number of nitrogens with zero attached hydrogens (tertiary/aromatic N) is 2. The van der Waals surface area contributed by atoms with Crippen LogP contribution >= 0.6 is 0 Å². The molecule has 1 aromatic heterocycles. The van der Waals surface area contributed by atoms with Crippen molar-refractivity contribution in [2.75, 3.05) is 6.54 Å². The molecule has 12 heavy (non-hydrogen) atoms. The van der Waals surface area contributed by atoms with Crippen LogP contribution in [-0.2, 0) is 0 Å². The molecule has 1 N–H and O–H groups in total. The zero-order valence-corrected chi connectivity index (χ0v) is 7.40. The molecule has 0 saturated carbocycles. The van der Waals surface area contributed by atoms with Gasteiger partial charge in [0.2, 0.25) is 0 Å². The van der Waals surface area contributed by atoms with E-state index in [1.807, 2.05) is 23.1 Å². The van der Waals surface area contributed by atoms with E-state index in [1.165, 1.54) is 12.8 Å². The van der Waals surface area contributed by atoms with Gasteiger partial charge in [0.05, 0.1) is 6.04 Å². The molecule has 66 valence electrons. The van der Waals surface area contributed by atoms with Gasteiger partial charge in [0, 0.05) is 18.4 Å². The van der Waals surface area contributed by atoms with Crippen molar-refractivity contribution >= 4 is 0 Å². The van der Waals surface area contributed by atoms with Crippen LogP contribution in [0.4, 0.5) is 0 Å². The Bertz CT molecular complexity index is 224. The van der Waals surface area contributed by atoms with Gasteiger partial charge in [0.1, 0.15) is 0 Å². The normalized spacial score (nSPS) is 25.9. The second-order valence-corrected chi connectivity index (χ2v) is 3.43. The summed E-state index contributed by atoms with van der Waals surface area (Å²) in [6.07, 6.45) is 6.45. The number of hydrogen-bond donors (Lipinski definition) is 1. The summed E-state index contributed by atoms with van der Waals surface area (Å²) in [6.45, 7) is 3.38. The van der Waals surface area contributed by atoms with Gasteiger partial charge in [-0.2, -0.15) is 5.10 Å². The summed E-state index contributed by atoms with van der Waals surface area (Å²) >= 11 is 0. The predicted octanol–water partition coefficient (Wildman–Crippen LogP) is 1.20. The summed E-state index contributed by atoms with van der Waals surface area (Å²) in [5.74, 6) is 0. The molecule has 2 atom stereocenters. The molecule has 0 unspecified atom stereocenters. The van der Waals surface area contributed by atoms with Crippen molar-refractivity contribution in [2.24, 2.45) is 0 Å². The van der Waals surface area contributed by atoms with E-state index < -0.39 is 0 Å². The molecule has 1 aliphatic heterocycles. The van der Waals surface area contributed by atoms with Crippen LogP contribution in [0.1, 0.15) is 25.8 Å². The molecule has 3 nitrogen and oxygen atoms in total. The summed E-state index contributed by atoms with van der Waals surface area (Å²) in [4.78, 5) is 0. The van der Waals surface area contributed by atoms with E-state index in [0.29, 0.717) is 12.1 Å². The second-order valence-electron chi connectivity index (χ2n) is 3.43. The van der Waals surface area contributed by atoms with Gasteiger partial charge in [-0.25, -0.2) is 0 Å². The molecule has 0 aliphatic carbocycles. The Kier molecular flexibility index (Phi) is 2.13. The summed E-state index contributed by atoms with van der Waals surface area (Å²) < 4.78 is 2.03. The number of hydrogen-bond acceptors (Lipinski definition) is 2. The van der Waals surface area contributed by atoms with E-state index in [-0.39, 0.29) is 0 Å². The summed E-state index contributed by atoms with van der Waals surface area (Å²) in [5.41, 5.74) is 0. The molecule has 0 spiro atoms. The quantitative estimate of drug-likeness (QED) is 0.713. The largest absolute Gasteiger partial charge is 0.312 e. The van der Waals surface area contributed by atoms with Crippen LogP contribution in [0.3, 0.4) is 0 Å². The van der Waals surface area contributed by atoms with Crippen molar-refractivity contribution in [1.29, 1.82) is 0 Å². The Hall–Kier alpha value is -0.830. The van der Waals surface area contributed by atoms with Crippen molar-refractivity contribution in [3.05, 3.63) is 18.5 Å². The smallest absolute Gasteiger partial charge is 0.0643 e. The third-order valence-electron chi connectivity index (χ3n) is 2.62. The zero-order chi connectivity index (χ0) is 8.39. The SMILES string of the molecule is C[C@H]([C@H]1CCCN1)n1cccn1. The highest BCUT2D eigenvalue weighted by atomic mass is 15.3. The van der Waals surface area contributed by atoms with Gasteiger partial charge in [0.25, 0.3) is 0 Å². The third kappa shape index (κ3) is 1.37. The minimum absolute atomic E-state index is 0.488. The minimum Gasteiger partial charge on any atom is -0.312 e. The van der Waals surface area contributed by atoms with Crippen molar-refractivity contribution in [1.82, 2.24) is 15.1 Å². The predicted molar refractivity (Wildman–Crippen MR) is 48.0 cm³/mol. The number of nitrogens with one attached hydrogen (secondary N) is 1. The highest BCUT2D eigenvalue weighted by molar-refractivity contribution is 4.87. The standard InChI is InChI=1S/C9H15N3/c1-8(9-4-2-5-10-9)12-7-3-6-11-12/h3,6-10H,2,4-5H2,1H3/t8-,9-/m1/s1. The van der Waals surface area contributed by atoms with E-state index in [0.717, 1.165) is 6.54 Å². The Morgan fingerprint density at radius 1 is 1.67 bits per heavy atom. The van der Waals surface area contributed by atoms with Crippen LogP contribution < -0.4 is 5.32 Å². The van der Waals surface area contributed by atoms with Crippen LogP contribution in [0.2, 0.25) is 0 Å². The Morgan fingerprint density at radius 3 is 3.17 bits per heavy atom. The van der Waals surface area contributed by atoms with Crippen LogP contribution in [0.25, 0.3) is 0 Å². The first kappa shape index (κ1) is 7.80. The summed E-state index contributed by atoms with van der Waals surface area (Å²) in [7, 11) is 0. The fourth-order valence-electron chi connectivity index (χ4n) is 1.83. The summed E-state index contributed by atoms with van der Waals surface area (Å²) in [6, 6.07) is 3.08. The van der Waals surface area contributed by atoms with E-state index in [4.69, 9.17) is 0 Å². The molecule has 2 rings (SSSR count). The van der Waals surface area contributed by atoms with Gasteiger partial charge in [-0.1, -0.05) is 0 Å². The maximum absolute atomic E-state index is 4.24. The molecule has 0 amide bonds. The Labute approximate surface area is 72.8 Å². The average molecular weight is 165 g/mol. The molecular weight excluding hydrogens is 150 g/mol. The fourth-order valence-corrected chi connectivity index (χ4v) is 1.83. The van der Waals surface area contributed by atoms with Crippen LogP contribution in [0, 0.1) is 0 Å². The first-order chi connectivity index (χ1) is 5.88. The lowest BCUT2D eigenvalue weighted by Crippen LogP contribution is -2.30. The minimum atomic E-state index is 0.488. The maximum Gasteiger partial charge on any atom is 0.0643 e. The first-order valence-electron chi connectivity index (χ1n) is 4.60. The maximum atomic E-state index is 4.24. The lowest BCUT2D eigenvalue weighted by atomic mass is 10.1. The van der Waals surface area contributed by atoms with Crippen molar-refractivity contribution in [3.63, 3.8) is 0 Å². The Morgan fingerprint density at radius 2 is 2.58 bits per heavy atom. The van der Waals surface area contributed by atoms with Crippen molar-refractivity contribution in [3.8, 4) is 0 Å². The molecule has 0 radical (unpaired) electrons. The van der Waals surface area contributed by atoms with Crippen molar-refractivity contribution < 1.29 is 0 Å². The van der Waals surface area contributed by atoms with Gasteiger partial charge < -0.3 is 5.32 Å². The third-order valence-corrected chi connectivity index (χ3v) is 2.62. The van der Waals surface area contributed by atoms with Crippen LogP contribution in [0.5, 0.6) is 0 Å². The molecule has 0 aromatic carbocycles. The fraction of sp³-hybridized carbons (Fsp3) is 0.667. The Balaban J connectivity index is 2.04. The topological polar surface area (TPSA) is 29.9 Å². The van der Waals surface area contributed by atoms with E-state index >= 15 is 0 Å². The highest BCUT2D eigenvalue weighted by Crippen LogP contribution is 2.17. The zero-order valence-electron chi connectivity index (χ0n) is 7.40. The molecule has 1 aromatic rings.